The summed E-state index contributed by atoms with van der Waals surface area (Å²) < 4.78 is 19.3. The minimum Gasteiger partial charge on any atom is -0.440 e. The summed E-state index contributed by atoms with van der Waals surface area (Å²) >= 11 is 0. The maximum atomic E-state index is 13.5. The number of aryl methyl sites for hydroxylation is 1. The summed E-state index contributed by atoms with van der Waals surface area (Å²) in [6.45, 7) is 4.38. The van der Waals surface area contributed by atoms with Crippen LogP contribution in [-0.4, -0.2) is 46.1 Å². The highest BCUT2D eigenvalue weighted by molar-refractivity contribution is 5.97. The third kappa shape index (κ3) is 4.35. The van der Waals surface area contributed by atoms with Gasteiger partial charge in [-0.3, -0.25) is 4.79 Å². The maximum absolute atomic E-state index is 13.5. The Morgan fingerprint density at radius 1 is 1.32 bits per heavy atom. The van der Waals surface area contributed by atoms with E-state index in [1.54, 1.807) is 23.1 Å². The van der Waals surface area contributed by atoms with Crippen LogP contribution in [0.15, 0.2) is 45.0 Å². The van der Waals surface area contributed by atoms with Gasteiger partial charge in [0.15, 0.2) is 17.2 Å². The fraction of sp³-hybridized carbons (Fsp3) is 0.364. The Kier molecular flexibility index (Phi) is 5.83. The molecular formula is C22H23FN6O2. The topological polar surface area (TPSA) is 108 Å². The van der Waals surface area contributed by atoms with Gasteiger partial charge < -0.3 is 14.7 Å². The van der Waals surface area contributed by atoms with Gasteiger partial charge in [0.1, 0.15) is 17.0 Å². The van der Waals surface area contributed by atoms with Crippen molar-refractivity contribution in [3.8, 4) is 0 Å². The van der Waals surface area contributed by atoms with Crippen molar-refractivity contribution >= 4 is 28.9 Å². The van der Waals surface area contributed by atoms with E-state index in [0.717, 1.165) is 19.1 Å². The van der Waals surface area contributed by atoms with Crippen molar-refractivity contribution < 1.29 is 13.6 Å². The molecule has 3 aromatic rings. The molecule has 160 valence electrons. The average Bonchev–Trinajstić information content (AvgIpc) is 3.18. The number of rotatable bonds is 5. The second-order valence-corrected chi connectivity index (χ2v) is 7.69. The molecule has 9 heteroatoms. The number of carbonyl (C=O) groups is 1. The molecule has 1 amide bonds. The van der Waals surface area contributed by atoms with Crippen molar-refractivity contribution in [1.82, 2.24) is 14.9 Å². The lowest BCUT2D eigenvalue weighted by Gasteiger charge is -2.36. The summed E-state index contributed by atoms with van der Waals surface area (Å²) in [7, 11) is 0. The van der Waals surface area contributed by atoms with Gasteiger partial charge in [0, 0.05) is 30.6 Å². The van der Waals surface area contributed by atoms with Crippen LogP contribution in [-0.2, 0) is 0 Å². The van der Waals surface area contributed by atoms with E-state index in [4.69, 9.17) is 9.83 Å². The lowest BCUT2D eigenvalue weighted by atomic mass is 9.93. The van der Waals surface area contributed by atoms with Gasteiger partial charge in [0.25, 0.3) is 5.91 Å². The first-order chi connectivity index (χ1) is 15.0. The van der Waals surface area contributed by atoms with Crippen molar-refractivity contribution in [3.63, 3.8) is 0 Å². The fourth-order valence-corrected chi connectivity index (χ4v) is 3.76. The number of piperidine rings is 1. The monoisotopic (exact) mass is 422 g/mol. The molecule has 8 nitrogen and oxygen atoms in total. The van der Waals surface area contributed by atoms with Crippen LogP contribution >= 0.6 is 0 Å². The van der Waals surface area contributed by atoms with E-state index in [0.29, 0.717) is 34.9 Å². The molecule has 0 aliphatic carbocycles. The second-order valence-electron chi connectivity index (χ2n) is 7.69. The molecule has 0 spiro atoms. The number of halogens is 1. The van der Waals surface area contributed by atoms with Crippen molar-refractivity contribution in [1.29, 1.82) is 5.41 Å². The Labute approximate surface area is 178 Å². The predicted molar refractivity (Wildman–Crippen MR) is 114 cm³/mol. The molecule has 2 atom stereocenters. The molecule has 1 N–H and O–H groups in total. The van der Waals surface area contributed by atoms with Crippen LogP contribution in [0.5, 0.6) is 0 Å². The zero-order valence-corrected chi connectivity index (χ0v) is 17.4. The van der Waals surface area contributed by atoms with Gasteiger partial charge in [-0.05, 0) is 51.0 Å². The summed E-state index contributed by atoms with van der Waals surface area (Å²) in [4.78, 5) is 24.1. The van der Waals surface area contributed by atoms with Crippen LogP contribution in [0.4, 0.5) is 10.1 Å². The molecule has 3 heterocycles. The summed E-state index contributed by atoms with van der Waals surface area (Å²) in [6.07, 6.45) is 2.73. The number of nitrogens with one attached hydrogen (secondary N) is 1. The number of azo groups is 1. The second kappa shape index (κ2) is 8.71. The molecule has 31 heavy (non-hydrogen) atoms. The molecule has 2 aromatic heterocycles. The summed E-state index contributed by atoms with van der Waals surface area (Å²) in [5, 5.41) is 15.1. The molecule has 1 saturated heterocycles. The lowest BCUT2D eigenvalue weighted by molar-refractivity contribution is 0.0592. The van der Waals surface area contributed by atoms with Crippen molar-refractivity contribution in [2.75, 3.05) is 13.1 Å². The quantitative estimate of drug-likeness (QED) is 0.470. The third-order valence-electron chi connectivity index (χ3n) is 5.43. The van der Waals surface area contributed by atoms with Gasteiger partial charge >= 0.3 is 0 Å². The van der Waals surface area contributed by atoms with Crippen LogP contribution in [0.1, 0.15) is 47.8 Å². The first kappa shape index (κ1) is 20.8. The number of aromatic nitrogens is 2. The summed E-state index contributed by atoms with van der Waals surface area (Å²) in [5.74, 6) is -0.192. The largest absolute Gasteiger partial charge is 0.440 e. The smallest absolute Gasteiger partial charge is 0.275 e. The number of pyridine rings is 1. The van der Waals surface area contributed by atoms with E-state index in [2.05, 4.69) is 20.2 Å². The summed E-state index contributed by atoms with van der Waals surface area (Å²) in [6, 6.07) is 7.77. The summed E-state index contributed by atoms with van der Waals surface area (Å²) in [5.41, 5.74) is 2.32. The molecule has 0 radical (unpaired) electrons. The van der Waals surface area contributed by atoms with Crippen molar-refractivity contribution in [2.45, 2.75) is 38.6 Å². The molecule has 0 bridgehead atoms. The Morgan fingerprint density at radius 2 is 2.16 bits per heavy atom. The van der Waals surface area contributed by atoms with E-state index >= 15 is 0 Å². The third-order valence-corrected chi connectivity index (χ3v) is 5.43. The molecule has 1 fully saturated rings. The number of likely N-dealkylation sites (tertiary alicyclic amines) is 1. The van der Waals surface area contributed by atoms with E-state index in [-0.39, 0.29) is 35.9 Å². The molecular weight excluding hydrogens is 399 g/mol. The first-order valence-electron chi connectivity index (χ1n) is 10.2. The molecule has 1 aliphatic heterocycles. The highest BCUT2D eigenvalue weighted by Crippen LogP contribution is 2.33. The fourth-order valence-electron chi connectivity index (χ4n) is 3.76. The van der Waals surface area contributed by atoms with Crippen LogP contribution in [0.25, 0.3) is 11.1 Å². The Bertz CT molecular complexity index is 1160. The van der Waals surface area contributed by atoms with E-state index in [1.165, 1.54) is 12.1 Å². The van der Waals surface area contributed by atoms with E-state index < -0.39 is 0 Å². The normalized spacial score (nSPS) is 19.3. The van der Waals surface area contributed by atoms with Gasteiger partial charge in [-0.2, -0.15) is 10.2 Å². The van der Waals surface area contributed by atoms with Crippen LogP contribution < -0.4 is 0 Å². The highest BCUT2D eigenvalue weighted by Gasteiger charge is 2.34. The maximum Gasteiger partial charge on any atom is 0.275 e. The average molecular weight is 422 g/mol. The number of hydrogen-bond donors (Lipinski definition) is 1. The van der Waals surface area contributed by atoms with Crippen LogP contribution in [0.2, 0.25) is 0 Å². The van der Waals surface area contributed by atoms with Crippen LogP contribution in [0.3, 0.4) is 0 Å². The van der Waals surface area contributed by atoms with Gasteiger partial charge in [0.05, 0.1) is 12.5 Å². The number of hydrogen-bond acceptors (Lipinski definition) is 7. The van der Waals surface area contributed by atoms with E-state index in [1.807, 2.05) is 13.8 Å². The molecule has 0 unspecified atom stereocenters. The minimum atomic E-state index is -0.375. The van der Waals surface area contributed by atoms with Gasteiger partial charge in [-0.15, -0.1) is 0 Å². The molecule has 1 aliphatic rings. The number of benzene rings is 1. The Morgan fingerprint density at radius 3 is 2.97 bits per heavy atom. The SMILES string of the molecule is Cc1ccc(N=NCC=N)c(C(=O)N2C[C@H](c3nc4ccc(F)cc4o3)CC[C@H]2C)n1. The molecule has 4 rings (SSSR count). The van der Waals surface area contributed by atoms with Gasteiger partial charge in [-0.25, -0.2) is 14.4 Å². The Balaban J connectivity index is 1.61. The standard InChI is InChI=1S/C22H23FN6O2/c1-13-3-7-18(28-25-10-9-24)20(26-13)22(30)29-12-15(5-4-14(29)2)21-27-17-8-6-16(23)11-19(17)31-21/h3,6-9,11,14-15,24H,4-5,10,12H2,1-2H3/t14-,15-/m1/s1. The number of fused-ring (bicyclic) bond motifs is 1. The highest BCUT2D eigenvalue weighted by atomic mass is 19.1. The van der Waals surface area contributed by atoms with Crippen molar-refractivity contribution in [2.24, 2.45) is 10.2 Å². The number of amides is 1. The zero-order chi connectivity index (χ0) is 22.0. The van der Waals surface area contributed by atoms with E-state index in [9.17, 15) is 9.18 Å². The van der Waals surface area contributed by atoms with Crippen molar-refractivity contribution in [3.05, 3.63) is 53.4 Å². The predicted octanol–water partition coefficient (Wildman–Crippen LogP) is 4.81. The lowest BCUT2D eigenvalue weighted by Crippen LogP contribution is -2.45. The minimum absolute atomic E-state index is 0.0132. The first-order valence-corrected chi connectivity index (χ1v) is 10.2. The zero-order valence-electron chi connectivity index (χ0n) is 17.4. The molecule has 0 saturated carbocycles. The Hall–Kier alpha value is -3.49. The number of nitrogens with zero attached hydrogens (tertiary/aromatic N) is 5. The number of oxazole rings is 1. The molecule has 1 aromatic carbocycles. The number of carbonyl (C=O) groups excluding carboxylic acids is 1. The van der Waals surface area contributed by atoms with Crippen LogP contribution in [0, 0.1) is 18.2 Å². The van der Waals surface area contributed by atoms with Gasteiger partial charge in [-0.1, -0.05) is 0 Å². The van der Waals surface area contributed by atoms with Gasteiger partial charge in [0.2, 0.25) is 0 Å².